The number of ketones is 2. The van der Waals surface area contributed by atoms with Gasteiger partial charge in [-0.1, -0.05) is 12.5 Å². The molecular weight excluding hydrogens is 342 g/mol. The Morgan fingerprint density at radius 2 is 1.85 bits per heavy atom. The molecule has 0 radical (unpaired) electrons. The van der Waals surface area contributed by atoms with E-state index in [9.17, 15) is 19.5 Å². The molecule has 0 heterocycles. The largest absolute Gasteiger partial charge is 0.508 e. The SMILES string of the molecule is CNC(=O)C(=O)[C@H]1CC[C@H]2[C@@H]3CCC4=CC(O)=CC(=O)[C@]4(C)[C@H]3CC[C@]12C. The molecule has 0 aromatic carbocycles. The van der Waals surface area contributed by atoms with Gasteiger partial charge in [0.25, 0.3) is 5.91 Å². The third kappa shape index (κ3) is 2.39. The van der Waals surface area contributed by atoms with E-state index in [1.54, 1.807) is 6.08 Å². The second kappa shape index (κ2) is 6.05. The fraction of sp³-hybridized carbons (Fsp3) is 0.682. The molecule has 27 heavy (non-hydrogen) atoms. The average molecular weight is 371 g/mol. The van der Waals surface area contributed by atoms with Gasteiger partial charge in [0.1, 0.15) is 5.76 Å². The first-order chi connectivity index (χ1) is 12.7. The molecule has 0 saturated heterocycles. The van der Waals surface area contributed by atoms with Crippen molar-refractivity contribution in [2.24, 2.45) is 34.5 Å². The van der Waals surface area contributed by atoms with Crippen molar-refractivity contribution >= 4 is 17.5 Å². The third-order valence-corrected chi connectivity index (χ3v) is 8.47. The Morgan fingerprint density at radius 1 is 1.11 bits per heavy atom. The second-order valence-corrected chi connectivity index (χ2v) is 9.34. The fourth-order valence-electron chi connectivity index (χ4n) is 7.01. The normalized spacial score (nSPS) is 43.0. The van der Waals surface area contributed by atoms with Gasteiger partial charge in [0.05, 0.1) is 5.41 Å². The molecule has 1 amide bonds. The Labute approximate surface area is 160 Å². The van der Waals surface area contributed by atoms with E-state index in [1.807, 2.05) is 6.92 Å². The van der Waals surface area contributed by atoms with Gasteiger partial charge in [0.15, 0.2) is 5.78 Å². The lowest BCUT2D eigenvalue weighted by Crippen LogP contribution is -2.53. The number of Topliss-reactive ketones (excluding diaryl/α,β-unsaturated/α-hetero) is 1. The van der Waals surface area contributed by atoms with Crippen molar-refractivity contribution in [2.45, 2.75) is 52.4 Å². The van der Waals surface area contributed by atoms with Crippen LogP contribution in [0.15, 0.2) is 23.5 Å². The maximum atomic E-state index is 12.9. The lowest BCUT2D eigenvalue weighted by Gasteiger charge is -2.56. The van der Waals surface area contributed by atoms with E-state index in [0.29, 0.717) is 11.8 Å². The molecule has 4 aliphatic carbocycles. The number of aliphatic hydroxyl groups is 1. The molecule has 5 heteroatoms. The lowest BCUT2D eigenvalue weighted by molar-refractivity contribution is -0.145. The molecule has 0 spiro atoms. The van der Waals surface area contributed by atoms with Crippen LogP contribution in [0.3, 0.4) is 0 Å². The summed E-state index contributed by atoms with van der Waals surface area (Å²) in [5, 5.41) is 12.4. The molecule has 4 rings (SSSR count). The summed E-state index contributed by atoms with van der Waals surface area (Å²) in [4.78, 5) is 37.5. The van der Waals surface area contributed by atoms with Crippen molar-refractivity contribution in [1.29, 1.82) is 0 Å². The maximum Gasteiger partial charge on any atom is 0.287 e. The van der Waals surface area contributed by atoms with Crippen LogP contribution >= 0.6 is 0 Å². The van der Waals surface area contributed by atoms with E-state index in [0.717, 1.165) is 44.1 Å². The number of fused-ring (bicyclic) bond motifs is 5. The predicted octanol–water partition coefficient (Wildman–Crippen LogP) is 3.11. The fourth-order valence-corrected chi connectivity index (χ4v) is 7.01. The summed E-state index contributed by atoms with van der Waals surface area (Å²) < 4.78 is 0. The van der Waals surface area contributed by atoms with Crippen molar-refractivity contribution in [3.8, 4) is 0 Å². The van der Waals surface area contributed by atoms with Crippen LogP contribution in [0.4, 0.5) is 0 Å². The number of aliphatic hydroxyl groups excluding tert-OH is 1. The Hall–Kier alpha value is -1.91. The molecule has 3 saturated carbocycles. The van der Waals surface area contributed by atoms with Gasteiger partial charge in [-0.15, -0.1) is 0 Å². The highest BCUT2D eigenvalue weighted by Gasteiger charge is 2.61. The average Bonchev–Trinajstić information content (AvgIpc) is 2.99. The van der Waals surface area contributed by atoms with Crippen LogP contribution in [-0.2, 0) is 14.4 Å². The Kier molecular flexibility index (Phi) is 4.13. The van der Waals surface area contributed by atoms with E-state index in [2.05, 4.69) is 12.2 Å². The summed E-state index contributed by atoms with van der Waals surface area (Å²) in [6.07, 6.45) is 8.47. The van der Waals surface area contributed by atoms with Crippen LogP contribution in [0.1, 0.15) is 52.4 Å². The molecule has 0 aromatic rings. The van der Waals surface area contributed by atoms with E-state index in [1.165, 1.54) is 13.1 Å². The molecule has 5 nitrogen and oxygen atoms in total. The number of nitrogens with one attached hydrogen (secondary N) is 1. The molecular formula is C22H29NO4. The first-order valence-electron chi connectivity index (χ1n) is 10.2. The predicted molar refractivity (Wildman–Crippen MR) is 101 cm³/mol. The quantitative estimate of drug-likeness (QED) is 0.731. The van der Waals surface area contributed by atoms with Gasteiger partial charge in [0.2, 0.25) is 5.78 Å². The monoisotopic (exact) mass is 371 g/mol. The Balaban J connectivity index is 1.65. The van der Waals surface area contributed by atoms with Gasteiger partial charge in [-0.2, -0.15) is 0 Å². The van der Waals surface area contributed by atoms with Gasteiger partial charge in [-0.05, 0) is 74.7 Å². The summed E-state index contributed by atoms with van der Waals surface area (Å²) in [5.74, 6) is 0.153. The topological polar surface area (TPSA) is 83.5 Å². The number of amides is 1. The first-order valence-corrected chi connectivity index (χ1v) is 10.2. The van der Waals surface area contributed by atoms with Crippen LogP contribution in [0.2, 0.25) is 0 Å². The molecule has 2 N–H and O–H groups in total. The molecule has 0 bridgehead atoms. The number of carbonyl (C=O) groups is 3. The minimum atomic E-state index is -0.528. The number of allylic oxidation sites excluding steroid dienone is 3. The highest BCUT2D eigenvalue weighted by molar-refractivity contribution is 6.37. The van der Waals surface area contributed by atoms with E-state index >= 15 is 0 Å². The van der Waals surface area contributed by atoms with Gasteiger partial charge in [-0.3, -0.25) is 14.4 Å². The number of hydrogen-bond acceptors (Lipinski definition) is 4. The molecule has 0 unspecified atom stereocenters. The summed E-state index contributed by atoms with van der Waals surface area (Å²) in [5.41, 5.74) is 0.380. The van der Waals surface area contributed by atoms with Crippen LogP contribution in [-0.4, -0.2) is 29.6 Å². The van der Waals surface area contributed by atoms with Crippen molar-refractivity contribution < 1.29 is 19.5 Å². The minimum absolute atomic E-state index is 0.0202. The molecule has 146 valence electrons. The van der Waals surface area contributed by atoms with Crippen molar-refractivity contribution in [3.63, 3.8) is 0 Å². The number of rotatable bonds is 2. The molecule has 3 fully saturated rings. The minimum Gasteiger partial charge on any atom is -0.508 e. The Morgan fingerprint density at radius 3 is 2.56 bits per heavy atom. The van der Waals surface area contributed by atoms with E-state index in [4.69, 9.17) is 0 Å². The van der Waals surface area contributed by atoms with Crippen LogP contribution in [0, 0.1) is 34.5 Å². The number of carbonyl (C=O) groups excluding carboxylic acids is 3. The van der Waals surface area contributed by atoms with E-state index < -0.39 is 11.3 Å². The number of likely N-dealkylation sites (N-methyl/N-ethyl adjacent to an activating group) is 1. The van der Waals surface area contributed by atoms with Gasteiger partial charge < -0.3 is 10.4 Å². The van der Waals surface area contributed by atoms with Crippen LogP contribution in [0.25, 0.3) is 0 Å². The van der Waals surface area contributed by atoms with Crippen LogP contribution in [0.5, 0.6) is 0 Å². The molecule has 6 atom stereocenters. The van der Waals surface area contributed by atoms with Gasteiger partial charge in [0, 0.05) is 19.0 Å². The summed E-state index contributed by atoms with van der Waals surface area (Å²) in [6, 6.07) is 0. The summed E-state index contributed by atoms with van der Waals surface area (Å²) >= 11 is 0. The smallest absolute Gasteiger partial charge is 0.287 e. The highest BCUT2D eigenvalue weighted by atomic mass is 16.3. The van der Waals surface area contributed by atoms with E-state index in [-0.39, 0.29) is 34.6 Å². The van der Waals surface area contributed by atoms with Crippen molar-refractivity contribution in [1.82, 2.24) is 5.32 Å². The maximum absolute atomic E-state index is 12.9. The first kappa shape index (κ1) is 18.5. The standard InChI is InChI=1S/C22H29NO4/c1-21-9-8-16-14(15(21)6-7-17(21)19(26)20(27)23-3)5-4-12-10-13(24)11-18(25)22(12,16)2/h10-11,14-17,24H,4-9H2,1-3H3,(H,23,27)/t14-,15-,16-,17+,21-,22-/m0/s1. The highest BCUT2D eigenvalue weighted by Crippen LogP contribution is 2.66. The zero-order valence-corrected chi connectivity index (χ0v) is 16.4. The lowest BCUT2D eigenvalue weighted by atomic mass is 9.47. The second-order valence-electron chi connectivity index (χ2n) is 9.34. The van der Waals surface area contributed by atoms with Gasteiger partial charge in [-0.25, -0.2) is 0 Å². The summed E-state index contributed by atoms with van der Waals surface area (Å²) in [7, 11) is 1.51. The van der Waals surface area contributed by atoms with Crippen molar-refractivity contribution in [3.05, 3.63) is 23.5 Å². The third-order valence-electron chi connectivity index (χ3n) is 8.47. The molecule has 4 aliphatic rings. The molecule has 0 aliphatic heterocycles. The van der Waals surface area contributed by atoms with Gasteiger partial charge >= 0.3 is 0 Å². The zero-order valence-electron chi connectivity index (χ0n) is 16.4. The van der Waals surface area contributed by atoms with Crippen molar-refractivity contribution in [2.75, 3.05) is 7.05 Å². The zero-order chi connectivity index (χ0) is 19.6. The number of hydrogen-bond donors (Lipinski definition) is 2. The summed E-state index contributed by atoms with van der Waals surface area (Å²) in [6.45, 7) is 4.24. The molecule has 0 aromatic heterocycles. The van der Waals surface area contributed by atoms with Crippen LogP contribution < -0.4 is 5.32 Å². The Bertz CT molecular complexity index is 781.